The maximum Gasteiger partial charge on any atom is 0.0547 e. The molecule has 0 aliphatic carbocycles. The predicted octanol–water partition coefficient (Wildman–Crippen LogP) is 1.34. The highest BCUT2D eigenvalue weighted by Crippen LogP contribution is 2.29. The van der Waals surface area contributed by atoms with Crippen LogP contribution in [0.5, 0.6) is 0 Å². The first kappa shape index (κ1) is 12.9. The normalized spacial score (nSPS) is 27.6. The molecule has 0 bridgehead atoms. The third kappa shape index (κ3) is 4.49. The summed E-state index contributed by atoms with van der Waals surface area (Å²) in [5, 5.41) is 3.60. The Labute approximate surface area is 94.2 Å². The van der Waals surface area contributed by atoms with Gasteiger partial charge in [-0.2, -0.15) is 0 Å². The molecular weight excluding hydrogens is 188 g/mol. The molecule has 0 spiro atoms. The Kier molecular flexibility index (Phi) is 4.15. The Morgan fingerprint density at radius 3 is 2.40 bits per heavy atom. The zero-order chi connectivity index (χ0) is 11.5. The molecule has 1 fully saturated rings. The molecule has 1 heterocycles. The number of hydrogen-bond acceptors (Lipinski definition) is 3. The summed E-state index contributed by atoms with van der Waals surface area (Å²) in [6.45, 7) is 10.6. The molecule has 0 amide bonds. The van der Waals surface area contributed by atoms with E-state index < -0.39 is 0 Å². The standard InChI is InChI=1S/C12H26N2O/c1-11(2,3)13-8-12(9-14(4)5)6-7-15-10-12/h13H,6-10H2,1-5H3. The van der Waals surface area contributed by atoms with Gasteiger partial charge in [-0.3, -0.25) is 0 Å². The summed E-state index contributed by atoms with van der Waals surface area (Å²) in [6.07, 6.45) is 1.17. The molecule has 1 aliphatic heterocycles. The van der Waals surface area contributed by atoms with E-state index in [9.17, 15) is 0 Å². The molecule has 0 radical (unpaired) electrons. The zero-order valence-corrected chi connectivity index (χ0v) is 10.9. The van der Waals surface area contributed by atoms with Crippen molar-refractivity contribution < 1.29 is 4.74 Å². The number of nitrogens with zero attached hydrogens (tertiary/aromatic N) is 1. The lowest BCUT2D eigenvalue weighted by Gasteiger charge is -2.34. The molecule has 0 saturated carbocycles. The third-order valence-corrected chi connectivity index (χ3v) is 2.83. The van der Waals surface area contributed by atoms with Gasteiger partial charge in [0.1, 0.15) is 0 Å². The van der Waals surface area contributed by atoms with E-state index in [1.54, 1.807) is 0 Å². The predicted molar refractivity (Wildman–Crippen MR) is 64.2 cm³/mol. The van der Waals surface area contributed by atoms with Crippen LogP contribution < -0.4 is 5.32 Å². The van der Waals surface area contributed by atoms with Crippen molar-refractivity contribution in [1.29, 1.82) is 0 Å². The Hall–Kier alpha value is -0.120. The maximum atomic E-state index is 5.56. The van der Waals surface area contributed by atoms with Crippen molar-refractivity contribution in [3.05, 3.63) is 0 Å². The van der Waals surface area contributed by atoms with Crippen molar-refractivity contribution in [2.45, 2.75) is 32.7 Å². The lowest BCUT2D eigenvalue weighted by molar-refractivity contribution is 0.121. The highest BCUT2D eigenvalue weighted by molar-refractivity contribution is 4.89. The van der Waals surface area contributed by atoms with E-state index in [4.69, 9.17) is 4.74 Å². The minimum Gasteiger partial charge on any atom is -0.381 e. The lowest BCUT2D eigenvalue weighted by Crippen LogP contribution is -2.48. The maximum absolute atomic E-state index is 5.56. The van der Waals surface area contributed by atoms with E-state index in [1.165, 1.54) is 6.42 Å². The Balaban J connectivity index is 2.50. The molecule has 15 heavy (non-hydrogen) atoms. The summed E-state index contributed by atoms with van der Waals surface area (Å²) >= 11 is 0. The average Bonchev–Trinajstić information content (AvgIpc) is 2.48. The van der Waals surface area contributed by atoms with Crippen LogP contribution in [0.25, 0.3) is 0 Å². The molecule has 3 heteroatoms. The first-order valence-electron chi connectivity index (χ1n) is 5.81. The van der Waals surface area contributed by atoms with Crippen LogP contribution in [-0.2, 0) is 4.74 Å². The minimum atomic E-state index is 0.196. The lowest BCUT2D eigenvalue weighted by atomic mass is 9.86. The van der Waals surface area contributed by atoms with Crippen molar-refractivity contribution >= 4 is 0 Å². The van der Waals surface area contributed by atoms with Crippen molar-refractivity contribution in [3.8, 4) is 0 Å². The van der Waals surface area contributed by atoms with Gasteiger partial charge in [-0.15, -0.1) is 0 Å². The Bertz CT molecular complexity index is 190. The second kappa shape index (κ2) is 4.81. The number of rotatable bonds is 4. The molecule has 0 aromatic heterocycles. The van der Waals surface area contributed by atoms with E-state index >= 15 is 0 Å². The minimum absolute atomic E-state index is 0.196. The first-order chi connectivity index (χ1) is 6.83. The molecule has 90 valence electrons. The summed E-state index contributed by atoms with van der Waals surface area (Å²) < 4.78 is 5.56. The van der Waals surface area contributed by atoms with E-state index in [2.05, 4.69) is 45.1 Å². The van der Waals surface area contributed by atoms with Crippen LogP contribution in [0.1, 0.15) is 27.2 Å². The fourth-order valence-electron chi connectivity index (χ4n) is 2.09. The van der Waals surface area contributed by atoms with E-state index in [0.717, 1.165) is 26.3 Å². The van der Waals surface area contributed by atoms with Gasteiger partial charge in [-0.1, -0.05) is 0 Å². The van der Waals surface area contributed by atoms with Crippen LogP contribution >= 0.6 is 0 Å². The molecule has 3 nitrogen and oxygen atoms in total. The summed E-state index contributed by atoms with van der Waals surface area (Å²) in [4.78, 5) is 2.26. The monoisotopic (exact) mass is 214 g/mol. The zero-order valence-electron chi connectivity index (χ0n) is 10.9. The Morgan fingerprint density at radius 1 is 1.33 bits per heavy atom. The van der Waals surface area contributed by atoms with Crippen molar-refractivity contribution in [1.82, 2.24) is 10.2 Å². The van der Waals surface area contributed by atoms with Gasteiger partial charge in [0.05, 0.1) is 6.61 Å². The fraction of sp³-hybridized carbons (Fsp3) is 1.00. The van der Waals surface area contributed by atoms with Gasteiger partial charge in [-0.05, 0) is 41.3 Å². The molecule has 0 aromatic carbocycles. The summed E-state index contributed by atoms with van der Waals surface area (Å²) in [7, 11) is 4.27. The van der Waals surface area contributed by atoms with Gasteiger partial charge >= 0.3 is 0 Å². The fourth-order valence-corrected chi connectivity index (χ4v) is 2.09. The smallest absolute Gasteiger partial charge is 0.0547 e. The van der Waals surface area contributed by atoms with Crippen molar-refractivity contribution in [2.24, 2.45) is 5.41 Å². The number of ether oxygens (including phenoxy) is 1. The highest BCUT2D eigenvalue weighted by atomic mass is 16.5. The largest absolute Gasteiger partial charge is 0.381 e. The quantitative estimate of drug-likeness (QED) is 0.764. The Morgan fingerprint density at radius 2 is 2.00 bits per heavy atom. The molecule has 1 saturated heterocycles. The van der Waals surface area contributed by atoms with E-state index in [1.807, 2.05) is 0 Å². The molecule has 1 unspecified atom stereocenters. The van der Waals surface area contributed by atoms with Crippen molar-refractivity contribution in [3.63, 3.8) is 0 Å². The number of hydrogen-bond donors (Lipinski definition) is 1. The van der Waals surface area contributed by atoms with Crippen LogP contribution in [0.4, 0.5) is 0 Å². The molecule has 1 N–H and O–H groups in total. The SMILES string of the molecule is CN(C)CC1(CNC(C)(C)C)CCOC1. The average molecular weight is 214 g/mol. The van der Waals surface area contributed by atoms with Crippen LogP contribution in [0.2, 0.25) is 0 Å². The van der Waals surface area contributed by atoms with Gasteiger partial charge in [0, 0.05) is 30.7 Å². The van der Waals surface area contributed by atoms with Crippen LogP contribution in [0, 0.1) is 5.41 Å². The van der Waals surface area contributed by atoms with Crippen LogP contribution in [0.3, 0.4) is 0 Å². The molecule has 1 rings (SSSR count). The van der Waals surface area contributed by atoms with E-state index in [0.29, 0.717) is 5.41 Å². The second-order valence-electron chi connectivity index (χ2n) is 6.14. The second-order valence-corrected chi connectivity index (χ2v) is 6.14. The number of nitrogens with one attached hydrogen (secondary N) is 1. The van der Waals surface area contributed by atoms with Gasteiger partial charge in [-0.25, -0.2) is 0 Å². The topological polar surface area (TPSA) is 24.5 Å². The molecular formula is C12H26N2O. The molecule has 1 aliphatic rings. The van der Waals surface area contributed by atoms with E-state index in [-0.39, 0.29) is 5.54 Å². The van der Waals surface area contributed by atoms with Crippen LogP contribution in [-0.4, -0.2) is 50.8 Å². The summed E-state index contributed by atoms with van der Waals surface area (Å²) in [5.41, 5.74) is 0.513. The van der Waals surface area contributed by atoms with Gasteiger partial charge in [0.2, 0.25) is 0 Å². The third-order valence-electron chi connectivity index (χ3n) is 2.83. The van der Waals surface area contributed by atoms with Crippen LogP contribution in [0.15, 0.2) is 0 Å². The van der Waals surface area contributed by atoms with Crippen molar-refractivity contribution in [2.75, 3.05) is 40.4 Å². The molecule has 1 atom stereocenters. The highest BCUT2D eigenvalue weighted by Gasteiger charge is 2.36. The molecule has 0 aromatic rings. The summed E-state index contributed by atoms with van der Waals surface area (Å²) in [6, 6.07) is 0. The summed E-state index contributed by atoms with van der Waals surface area (Å²) in [5.74, 6) is 0. The van der Waals surface area contributed by atoms with Gasteiger partial charge < -0.3 is 15.0 Å². The van der Waals surface area contributed by atoms with Gasteiger partial charge in [0.25, 0.3) is 0 Å². The van der Waals surface area contributed by atoms with Gasteiger partial charge in [0.15, 0.2) is 0 Å². The first-order valence-corrected chi connectivity index (χ1v) is 5.81.